The highest BCUT2D eigenvalue weighted by Crippen LogP contribution is 2.33. The highest BCUT2D eigenvalue weighted by atomic mass is 16.5. The van der Waals surface area contributed by atoms with E-state index >= 15 is 0 Å². The second-order valence-electron chi connectivity index (χ2n) is 4.20. The molecule has 0 bridgehead atoms. The lowest BCUT2D eigenvalue weighted by Crippen LogP contribution is -2.27. The molecule has 1 aromatic rings. The van der Waals surface area contributed by atoms with Gasteiger partial charge in [-0.05, 0) is 13.8 Å². The van der Waals surface area contributed by atoms with E-state index in [1.807, 2.05) is 6.92 Å². The van der Waals surface area contributed by atoms with Crippen LogP contribution in [0.5, 0.6) is 5.88 Å². The van der Waals surface area contributed by atoms with E-state index in [-0.39, 0.29) is 18.4 Å². The van der Waals surface area contributed by atoms with Gasteiger partial charge in [-0.1, -0.05) is 0 Å². The molecular weight excluding hydrogens is 222 g/mol. The summed E-state index contributed by atoms with van der Waals surface area (Å²) in [6.45, 7) is 3.62. The van der Waals surface area contributed by atoms with Gasteiger partial charge in [0.2, 0.25) is 5.88 Å². The van der Waals surface area contributed by atoms with Crippen LogP contribution in [0.15, 0.2) is 0 Å². The summed E-state index contributed by atoms with van der Waals surface area (Å²) >= 11 is 0. The molecule has 17 heavy (non-hydrogen) atoms. The van der Waals surface area contributed by atoms with Crippen LogP contribution in [0.2, 0.25) is 0 Å². The summed E-state index contributed by atoms with van der Waals surface area (Å²) in [4.78, 5) is 10.9. The molecule has 0 aliphatic carbocycles. The van der Waals surface area contributed by atoms with Gasteiger partial charge in [0.25, 0.3) is 0 Å². The zero-order chi connectivity index (χ0) is 13.2. The number of aryl methyl sites for hydroxylation is 2. The topological polar surface area (TPSA) is 90.4 Å². The number of carboxylic acids is 1. The molecule has 6 heteroatoms. The van der Waals surface area contributed by atoms with Crippen molar-refractivity contribution >= 4 is 5.97 Å². The Labute approximate surface area is 100 Å². The molecule has 0 radical (unpaired) electrons. The molecule has 1 rings (SSSR count). The van der Waals surface area contributed by atoms with Gasteiger partial charge in [-0.25, -0.2) is 4.68 Å². The van der Waals surface area contributed by atoms with Crippen molar-refractivity contribution in [1.29, 1.82) is 0 Å². The van der Waals surface area contributed by atoms with Crippen molar-refractivity contribution in [2.45, 2.75) is 32.2 Å². The summed E-state index contributed by atoms with van der Waals surface area (Å²) in [5.41, 5.74) is 7.40. The zero-order valence-electron chi connectivity index (χ0n) is 10.6. The minimum atomic E-state index is -0.877. The number of methoxy groups -OCH3 is 1. The van der Waals surface area contributed by atoms with Crippen LogP contribution in [0.3, 0.4) is 0 Å². The SMILES string of the molecule is COc1c(C(CC(=O)O)C(C)N)c(C)nn1C. The van der Waals surface area contributed by atoms with Crippen molar-refractivity contribution < 1.29 is 14.6 Å². The molecule has 3 N–H and O–H groups in total. The molecular formula is C11H19N3O3. The number of rotatable bonds is 5. The maximum atomic E-state index is 10.9. The second kappa shape index (κ2) is 5.18. The van der Waals surface area contributed by atoms with Crippen LogP contribution in [0, 0.1) is 6.92 Å². The summed E-state index contributed by atoms with van der Waals surface area (Å²) in [5, 5.41) is 13.2. The van der Waals surface area contributed by atoms with Crippen molar-refractivity contribution in [2.24, 2.45) is 12.8 Å². The largest absolute Gasteiger partial charge is 0.481 e. The third-order valence-corrected chi connectivity index (χ3v) is 2.81. The molecule has 0 saturated heterocycles. The molecule has 0 saturated carbocycles. The lowest BCUT2D eigenvalue weighted by atomic mass is 9.90. The van der Waals surface area contributed by atoms with Gasteiger partial charge < -0.3 is 15.6 Å². The molecule has 0 fully saturated rings. The summed E-state index contributed by atoms with van der Waals surface area (Å²) in [5.74, 6) is -0.597. The minimum Gasteiger partial charge on any atom is -0.481 e. The Morgan fingerprint density at radius 1 is 1.65 bits per heavy atom. The lowest BCUT2D eigenvalue weighted by Gasteiger charge is -2.19. The van der Waals surface area contributed by atoms with Crippen LogP contribution in [-0.2, 0) is 11.8 Å². The molecule has 6 nitrogen and oxygen atoms in total. The molecule has 1 aromatic heterocycles. The van der Waals surface area contributed by atoms with Gasteiger partial charge in [0.05, 0.1) is 19.2 Å². The monoisotopic (exact) mass is 241 g/mol. The van der Waals surface area contributed by atoms with E-state index in [2.05, 4.69) is 5.10 Å². The highest BCUT2D eigenvalue weighted by Gasteiger charge is 2.28. The molecule has 0 spiro atoms. The predicted octanol–water partition coefficient (Wildman–Crippen LogP) is 0.643. The minimum absolute atomic E-state index is 0.0272. The number of aromatic nitrogens is 2. The Morgan fingerprint density at radius 2 is 2.24 bits per heavy atom. The van der Waals surface area contributed by atoms with Gasteiger partial charge in [0.15, 0.2) is 0 Å². The van der Waals surface area contributed by atoms with Crippen LogP contribution >= 0.6 is 0 Å². The van der Waals surface area contributed by atoms with Gasteiger partial charge >= 0.3 is 5.97 Å². The highest BCUT2D eigenvalue weighted by molar-refractivity contribution is 5.68. The average molecular weight is 241 g/mol. The maximum absolute atomic E-state index is 10.9. The molecule has 0 aromatic carbocycles. The Hall–Kier alpha value is -1.56. The average Bonchev–Trinajstić information content (AvgIpc) is 2.48. The first-order valence-electron chi connectivity index (χ1n) is 5.43. The maximum Gasteiger partial charge on any atom is 0.304 e. The Morgan fingerprint density at radius 3 is 2.65 bits per heavy atom. The van der Waals surface area contributed by atoms with E-state index in [4.69, 9.17) is 15.6 Å². The Bertz CT molecular complexity index is 412. The first kappa shape index (κ1) is 13.5. The van der Waals surface area contributed by atoms with E-state index in [0.29, 0.717) is 5.88 Å². The molecule has 0 aliphatic rings. The molecule has 1 heterocycles. The number of ether oxygens (including phenoxy) is 1. The van der Waals surface area contributed by atoms with Crippen LogP contribution in [0.4, 0.5) is 0 Å². The Balaban J connectivity index is 3.22. The van der Waals surface area contributed by atoms with Gasteiger partial charge in [0, 0.05) is 24.6 Å². The van der Waals surface area contributed by atoms with Gasteiger partial charge in [0.1, 0.15) is 0 Å². The van der Waals surface area contributed by atoms with Crippen LogP contribution < -0.4 is 10.5 Å². The molecule has 2 unspecified atom stereocenters. The van der Waals surface area contributed by atoms with Crippen LogP contribution in [0.1, 0.15) is 30.5 Å². The molecule has 2 atom stereocenters. The standard InChI is InChI=1S/C11H19N3O3/c1-6(12)8(5-9(15)16)10-7(2)13-14(3)11(10)17-4/h6,8H,5,12H2,1-4H3,(H,15,16). The van der Waals surface area contributed by atoms with E-state index in [1.165, 1.54) is 0 Å². The number of aliphatic carboxylic acids is 1. The van der Waals surface area contributed by atoms with E-state index in [1.54, 1.807) is 25.8 Å². The predicted molar refractivity (Wildman–Crippen MR) is 63.1 cm³/mol. The van der Waals surface area contributed by atoms with E-state index in [9.17, 15) is 4.79 Å². The van der Waals surface area contributed by atoms with Crippen LogP contribution in [0.25, 0.3) is 0 Å². The van der Waals surface area contributed by atoms with Crippen molar-refractivity contribution in [3.8, 4) is 5.88 Å². The number of hydrogen-bond acceptors (Lipinski definition) is 4. The number of nitrogens with two attached hydrogens (primary N) is 1. The quantitative estimate of drug-likeness (QED) is 0.789. The summed E-state index contributed by atoms with van der Waals surface area (Å²) in [7, 11) is 3.30. The smallest absolute Gasteiger partial charge is 0.304 e. The zero-order valence-corrected chi connectivity index (χ0v) is 10.6. The summed E-state index contributed by atoms with van der Waals surface area (Å²) in [6, 6.07) is -0.275. The summed E-state index contributed by atoms with van der Waals surface area (Å²) < 4.78 is 6.86. The van der Waals surface area contributed by atoms with Crippen molar-refractivity contribution in [3.63, 3.8) is 0 Å². The first-order chi connectivity index (χ1) is 7.88. The summed E-state index contributed by atoms with van der Waals surface area (Å²) in [6.07, 6.45) is -0.0272. The number of nitrogens with zero attached hydrogens (tertiary/aromatic N) is 2. The fourth-order valence-corrected chi connectivity index (χ4v) is 2.06. The number of carbonyl (C=O) groups is 1. The fraction of sp³-hybridized carbons (Fsp3) is 0.636. The Kier molecular flexibility index (Phi) is 4.11. The first-order valence-corrected chi connectivity index (χ1v) is 5.43. The van der Waals surface area contributed by atoms with Crippen LogP contribution in [-0.4, -0.2) is 34.0 Å². The van der Waals surface area contributed by atoms with Crippen molar-refractivity contribution in [2.75, 3.05) is 7.11 Å². The van der Waals surface area contributed by atoms with E-state index < -0.39 is 5.97 Å². The third kappa shape index (κ3) is 2.76. The molecule has 0 aliphatic heterocycles. The molecule has 0 amide bonds. The molecule has 96 valence electrons. The van der Waals surface area contributed by atoms with Gasteiger partial charge in [-0.15, -0.1) is 0 Å². The number of hydrogen-bond donors (Lipinski definition) is 2. The van der Waals surface area contributed by atoms with Crippen molar-refractivity contribution in [3.05, 3.63) is 11.3 Å². The van der Waals surface area contributed by atoms with Crippen molar-refractivity contribution in [1.82, 2.24) is 9.78 Å². The third-order valence-electron chi connectivity index (χ3n) is 2.81. The fourth-order valence-electron chi connectivity index (χ4n) is 2.06. The van der Waals surface area contributed by atoms with Gasteiger partial charge in [-0.3, -0.25) is 4.79 Å². The second-order valence-corrected chi connectivity index (χ2v) is 4.20. The van der Waals surface area contributed by atoms with E-state index in [0.717, 1.165) is 11.3 Å². The lowest BCUT2D eigenvalue weighted by molar-refractivity contribution is -0.137. The van der Waals surface area contributed by atoms with Gasteiger partial charge in [-0.2, -0.15) is 5.10 Å². The number of carboxylic acid groups (broad SMARTS) is 1. The normalized spacial score (nSPS) is 14.4.